The summed E-state index contributed by atoms with van der Waals surface area (Å²) in [5.41, 5.74) is 2.35. The quantitative estimate of drug-likeness (QED) is 0.494. The summed E-state index contributed by atoms with van der Waals surface area (Å²) >= 11 is 0. The molecule has 0 saturated heterocycles. The van der Waals surface area contributed by atoms with Gasteiger partial charge >= 0.3 is 0 Å². The minimum atomic E-state index is -3.22. The normalized spacial score (nSPS) is 15.5. The lowest BCUT2D eigenvalue weighted by molar-refractivity contribution is 0.403. The number of hydrogen-bond donors (Lipinski definition) is 2. The second-order valence-corrected chi connectivity index (χ2v) is 9.88. The lowest BCUT2D eigenvalue weighted by atomic mass is 9.95. The molecule has 2 aromatic rings. The number of rotatable bonds is 8. The number of nitrogens with zero attached hydrogens (tertiary/aromatic N) is 1. The number of nitrogens with one attached hydrogen (secondary N) is 2. The van der Waals surface area contributed by atoms with Crippen LogP contribution in [-0.4, -0.2) is 41.3 Å². The van der Waals surface area contributed by atoms with E-state index in [1.807, 2.05) is 18.2 Å². The first-order valence-electron chi connectivity index (χ1n) is 9.79. The Kier molecular flexibility index (Phi) is 6.65. The van der Waals surface area contributed by atoms with Crippen LogP contribution in [0.15, 0.2) is 47.5 Å². The summed E-state index contributed by atoms with van der Waals surface area (Å²) in [6.45, 7) is 0.955. The summed E-state index contributed by atoms with van der Waals surface area (Å²) in [5, 5.41) is 6.51. The molecule has 8 heteroatoms. The zero-order valence-corrected chi connectivity index (χ0v) is 18.4. The van der Waals surface area contributed by atoms with E-state index in [1.165, 1.54) is 30.0 Å². The van der Waals surface area contributed by atoms with Gasteiger partial charge in [-0.1, -0.05) is 24.3 Å². The highest BCUT2D eigenvalue weighted by Crippen LogP contribution is 2.50. The molecule has 0 radical (unpaired) electrons. The van der Waals surface area contributed by atoms with Crippen LogP contribution in [0.4, 0.5) is 4.39 Å². The van der Waals surface area contributed by atoms with Gasteiger partial charge in [-0.3, -0.25) is 4.99 Å². The smallest absolute Gasteiger partial charge is 0.191 e. The molecule has 0 amide bonds. The third kappa shape index (κ3) is 5.50. The molecule has 1 aliphatic rings. The van der Waals surface area contributed by atoms with Gasteiger partial charge in [-0.05, 0) is 42.2 Å². The van der Waals surface area contributed by atoms with Crippen molar-refractivity contribution >= 4 is 15.8 Å². The molecule has 30 heavy (non-hydrogen) atoms. The maximum atomic E-state index is 13.7. The summed E-state index contributed by atoms with van der Waals surface area (Å²) in [7, 11) is 0.121. The molecule has 0 spiro atoms. The third-order valence-corrected chi connectivity index (χ3v) is 6.22. The molecule has 0 bridgehead atoms. The topological polar surface area (TPSA) is 79.8 Å². The summed E-state index contributed by atoms with van der Waals surface area (Å²) in [4.78, 5) is 4.25. The Morgan fingerprint density at radius 3 is 2.53 bits per heavy atom. The van der Waals surface area contributed by atoms with Crippen LogP contribution in [0.25, 0.3) is 0 Å². The number of para-hydroxylation sites is 1. The first-order chi connectivity index (χ1) is 14.3. The fourth-order valence-corrected chi connectivity index (χ4v) is 4.46. The highest BCUT2D eigenvalue weighted by atomic mass is 32.2. The monoisotopic (exact) mass is 433 g/mol. The van der Waals surface area contributed by atoms with Gasteiger partial charge in [-0.2, -0.15) is 0 Å². The van der Waals surface area contributed by atoms with Crippen molar-refractivity contribution in [2.75, 3.05) is 27.0 Å². The summed E-state index contributed by atoms with van der Waals surface area (Å²) in [5.74, 6) is 0.920. The van der Waals surface area contributed by atoms with Crippen LogP contribution in [0.1, 0.15) is 29.5 Å². The molecule has 2 N–H and O–H groups in total. The van der Waals surface area contributed by atoms with E-state index < -0.39 is 15.7 Å². The molecular formula is C22H28FN3O3S. The second-order valence-electron chi connectivity index (χ2n) is 7.74. The first kappa shape index (κ1) is 22.1. The van der Waals surface area contributed by atoms with Gasteiger partial charge < -0.3 is 15.4 Å². The Morgan fingerprint density at radius 1 is 1.17 bits per heavy atom. The molecule has 1 fully saturated rings. The maximum absolute atomic E-state index is 13.7. The largest absolute Gasteiger partial charge is 0.496 e. The van der Waals surface area contributed by atoms with Crippen LogP contribution in [0.5, 0.6) is 5.75 Å². The highest BCUT2D eigenvalue weighted by molar-refractivity contribution is 7.89. The molecule has 0 heterocycles. The van der Waals surface area contributed by atoms with Crippen LogP contribution >= 0.6 is 0 Å². The van der Waals surface area contributed by atoms with E-state index in [0.29, 0.717) is 23.6 Å². The predicted molar refractivity (Wildman–Crippen MR) is 117 cm³/mol. The predicted octanol–water partition coefficient (Wildman–Crippen LogP) is 2.78. The summed E-state index contributed by atoms with van der Waals surface area (Å²) in [6.07, 6.45) is 3.28. The van der Waals surface area contributed by atoms with Crippen molar-refractivity contribution < 1.29 is 17.5 Å². The lowest BCUT2D eigenvalue weighted by Crippen LogP contribution is -2.41. The van der Waals surface area contributed by atoms with Crippen molar-refractivity contribution in [2.24, 2.45) is 4.99 Å². The fraction of sp³-hybridized carbons (Fsp3) is 0.409. The van der Waals surface area contributed by atoms with Gasteiger partial charge in [0.05, 0.1) is 12.9 Å². The van der Waals surface area contributed by atoms with Crippen molar-refractivity contribution in [3.63, 3.8) is 0 Å². The standard InChI is InChI=1S/C22H28FN3O3S/c1-24-21(25-13-17-12-18(23)9-8-16(17)14-30(3,27)28)26-15-22(10-11-22)19-6-4-5-7-20(19)29-2/h4-9,12H,10-11,13-15H2,1-3H3,(H2,24,25,26). The third-order valence-electron chi connectivity index (χ3n) is 5.38. The molecule has 0 atom stereocenters. The van der Waals surface area contributed by atoms with Gasteiger partial charge in [0, 0.05) is 37.4 Å². The number of benzene rings is 2. The summed E-state index contributed by atoms with van der Waals surface area (Å²) < 4.78 is 42.6. The van der Waals surface area contributed by atoms with Crippen molar-refractivity contribution in [1.82, 2.24) is 10.6 Å². The molecule has 1 saturated carbocycles. The van der Waals surface area contributed by atoms with Crippen LogP contribution < -0.4 is 15.4 Å². The number of halogens is 1. The second kappa shape index (κ2) is 9.04. The van der Waals surface area contributed by atoms with Crippen LogP contribution in [0.2, 0.25) is 0 Å². The molecule has 162 valence electrons. The first-order valence-corrected chi connectivity index (χ1v) is 11.9. The van der Waals surface area contributed by atoms with Gasteiger partial charge in [0.1, 0.15) is 11.6 Å². The molecule has 1 aliphatic carbocycles. The molecule has 0 aromatic heterocycles. The van der Waals surface area contributed by atoms with Gasteiger partial charge in [-0.15, -0.1) is 0 Å². The van der Waals surface area contributed by atoms with E-state index >= 15 is 0 Å². The van der Waals surface area contributed by atoms with Crippen molar-refractivity contribution in [3.05, 3.63) is 65.0 Å². The number of aliphatic imine (C=N–C) groups is 1. The van der Waals surface area contributed by atoms with E-state index in [-0.39, 0.29) is 17.7 Å². The Labute approximate surface area is 177 Å². The van der Waals surface area contributed by atoms with Crippen molar-refractivity contribution in [2.45, 2.75) is 30.6 Å². The molecule has 6 nitrogen and oxygen atoms in total. The SMILES string of the molecule is CN=C(NCc1cc(F)ccc1CS(C)(=O)=O)NCC1(c2ccccc2OC)CC1. The van der Waals surface area contributed by atoms with Gasteiger partial charge in [0.2, 0.25) is 0 Å². The molecule has 0 aliphatic heterocycles. The van der Waals surface area contributed by atoms with Crippen LogP contribution in [-0.2, 0) is 27.5 Å². The number of sulfone groups is 1. The number of methoxy groups -OCH3 is 1. The number of hydrogen-bond acceptors (Lipinski definition) is 4. The Bertz CT molecular complexity index is 1030. The average molecular weight is 434 g/mol. The van der Waals surface area contributed by atoms with Crippen molar-refractivity contribution in [1.29, 1.82) is 0 Å². The zero-order chi connectivity index (χ0) is 21.8. The fourth-order valence-electron chi connectivity index (χ4n) is 3.61. The highest BCUT2D eigenvalue weighted by Gasteiger charge is 2.46. The Morgan fingerprint density at radius 2 is 1.90 bits per heavy atom. The van der Waals surface area contributed by atoms with Crippen LogP contribution in [0.3, 0.4) is 0 Å². The van der Waals surface area contributed by atoms with Gasteiger partial charge in [0.25, 0.3) is 0 Å². The summed E-state index contributed by atoms with van der Waals surface area (Å²) in [6, 6.07) is 12.2. The van der Waals surface area contributed by atoms with Gasteiger partial charge in [0.15, 0.2) is 15.8 Å². The van der Waals surface area contributed by atoms with E-state index in [9.17, 15) is 12.8 Å². The van der Waals surface area contributed by atoms with Gasteiger partial charge in [-0.25, -0.2) is 12.8 Å². The molecule has 3 rings (SSSR count). The lowest BCUT2D eigenvalue weighted by Gasteiger charge is -2.21. The average Bonchev–Trinajstić information content (AvgIpc) is 3.50. The Hall–Kier alpha value is -2.61. The van der Waals surface area contributed by atoms with E-state index in [2.05, 4.69) is 21.7 Å². The van der Waals surface area contributed by atoms with E-state index in [4.69, 9.17) is 4.74 Å². The molecular weight excluding hydrogens is 405 g/mol. The molecule has 2 aromatic carbocycles. The van der Waals surface area contributed by atoms with Crippen molar-refractivity contribution in [3.8, 4) is 5.75 Å². The van der Waals surface area contributed by atoms with Crippen LogP contribution in [0, 0.1) is 5.82 Å². The minimum absolute atomic E-state index is 0.00449. The number of ether oxygens (including phenoxy) is 1. The Balaban J connectivity index is 1.66. The van der Waals surface area contributed by atoms with E-state index in [1.54, 1.807) is 14.2 Å². The number of guanidine groups is 1. The minimum Gasteiger partial charge on any atom is -0.496 e. The van der Waals surface area contributed by atoms with E-state index in [0.717, 1.165) is 18.6 Å². The zero-order valence-electron chi connectivity index (χ0n) is 17.5. The maximum Gasteiger partial charge on any atom is 0.191 e. The molecule has 0 unspecified atom stereocenters.